The van der Waals surface area contributed by atoms with Crippen LogP contribution >= 0.6 is 0 Å². The number of fused-ring (bicyclic) bond motifs is 1. The van der Waals surface area contributed by atoms with Crippen LogP contribution < -0.4 is 11.3 Å². The highest BCUT2D eigenvalue weighted by atomic mass is 16.6. The van der Waals surface area contributed by atoms with Gasteiger partial charge in [0.1, 0.15) is 18.3 Å². The summed E-state index contributed by atoms with van der Waals surface area (Å²) in [5.74, 6) is -0.0609. The molecule has 0 bridgehead atoms. The summed E-state index contributed by atoms with van der Waals surface area (Å²) in [5.41, 5.74) is 5.33. The van der Waals surface area contributed by atoms with Crippen LogP contribution in [0.1, 0.15) is 6.23 Å². The van der Waals surface area contributed by atoms with E-state index in [4.69, 9.17) is 15.6 Å². The first-order valence-corrected chi connectivity index (χ1v) is 6.01. The van der Waals surface area contributed by atoms with Gasteiger partial charge in [0.2, 0.25) is 5.95 Å². The van der Waals surface area contributed by atoms with Gasteiger partial charge in [0.15, 0.2) is 11.9 Å². The molecule has 0 aromatic carbocycles. The van der Waals surface area contributed by atoms with Crippen LogP contribution in [0.2, 0.25) is 0 Å². The molecule has 0 aliphatic carbocycles. The van der Waals surface area contributed by atoms with E-state index in [0.29, 0.717) is 0 Å². The third-order valence-corrected chi connectivity index (χ3v) is 3.39. The Morgan fingerprint density at radius 2 is 2.20 bits per heavy atom. The van der Waals surface area contributed by atoms with Gasteiger partial charge in [-0.15, -0.1) is 0 Å². The fourth-order valence-corrected chi connectivity index (χ4v) is 2.38. The van der Waals surface area contributed by atoms with Gasteiger partial charge in [-0.25, -0.2) is 0 Å². The van der Waals surface area contributed by atoms with Crippen molar-refractivity contribution in [2.24, 2.45) is 0 Å². The molecule has 1 aliphatic rings. The van der Waals surface area contributed by atoms with E-state index in [9.17, 15) is 15.0 Å². The van der Waals surface area contributed by atoms with Crippen molar-refractivity contribution in [3.63, 3.8) is 0 Å². The number of nitrogens with zero attached hydrogens (tertiary/aromatic N) is 2. The molecule has 20 heavy (non-hydrogen) atoms. The van der Waals surface area contributed by atoms with Crippen molar-refractivity contribution in [2.75, 3.05) is 12.3 Å². The zero-order chi connectivity index (χ0) is 14.4. The van der Waals surface area contributed by atoms with Crippen LogP contribution in [0, 0.1) is 0 Å². The molecule has 2 aromatic heterocycles. The van der Waals surface area contributed by atoms with Crippen molar-refractivity contribution < 1.29 is 20.1 Å². The summed E-state index contributed by atoms with van der Waals surface area (Å²) in [4.78, 5) is 18.1. The van der Waals surface area contributed by atoms with Crippen molar-refractivity contribution in [1.82, 2.24) is 14.5 Å². The summed E-state index contributed by atoms with van der Waals surface area (Å²) in [5, 5.41) is 29.1. The van der Waals surface area contributed by atoms with Crippen LogP contribution in [-0.2, 0) is 4.74 Å². The maximum Gasteiger partial charge on any atom is 0.261 e. The summed E-state index contributed by atoms with van der Waals surface area (Å²) in [6.07, 6.45) is -2.81. The highest BCUT2D eigenvalue weighted by Gasteiger charge is 2.43. The Hall–Kier alpha value is -1.94. The summed E-state index contributed by atoms with van der Waals surface area (Å²) in [6, 6.07) is 1.51. The van der Waals surface area contributed by atoms with Gasteiger partial charge in [-0.2, -0.15) is 4.98 Å². The topological polar surface area (TPSA) is 147 Å². The maximum absolute atomic E-state index is 11.7. The van der Waals surface area contributed by atoms with Gasteiger partial charge in [-0.1, -0.05) is 0 Å². The van der Waals surface area contributed by atoms with E-state index in [1.807, 2.05) is 0 Å². The molecule has 3 heterocycles. The van der Waals surface area contributed by atoms with Gasteiger partial charge >= 0.3 is 0 Å². The van der Waals surface area contributed by atoms with Crippen molar-refractivity contribution in [3.05, 3.63) is 22.6 Å². The lowest BCUT2D eigenvalue weighted by molar-refractivity contribution is -0.0508. The molecule has 0 spiro atoms. The lowest BCUT2D eigenvalue weighted by Gasteiger charge is -2.17. The predicted octanol–water partition coefficient (Wildman–Crippen LogP) is -2.08. The molecule has 1 fully saturated rings. The third-order valence-electron chi connectivity index (χ3n) is 3.39. The minimum absolute atomic E-state index is 0.0609. The van der Waals surface area contributed by atoms with E-state index in [0.717, 1.165) is 0 Å². The molecule has 4 atom stereocenters. The summed E-state index contributed by atoms with van der Waals surface area (Å²) < 4.78 is 6.79. The SMILES string of the molecule is Nc1nc2c(ccn2[C@@H]2O[C@H](CO)[C@H](O)C2O)c(=O)[nH]1. The predicted molar refractivity (Wildman–Crippen MR) is 67.8 cm³/mol. The first-order valence-electron chi connectivity index (χ1n) is 6.01. The van der Waals surface area contributed by atoms with E-state index in [2.05, 4.69) is 9.97 Å². The summed E-state index contributed by atoms with van der Waals surface area (Å²) >= 11 is 0. The van der Waals surface area contributed by atoms with Gasteiger partial charge < -0.3 is 30.4 Å². The molecule has 6 N–H and O–H groups in total. The Morgan fingerprint density at radius 3 is 2.85 bits per heavy atom. The molecule has 1 saturated heterocycles. The Labute approximate surface area is 112 Å². The standard InChI is InChI=1S/C11H14N4O5/c12-11-13-8-4(9(19)14-11)1-2-15(8)10-7(18)6(17)5(3-16)20-10/h1-2,5-7,10,16-18H,3H2,(H3,12,13,14,19)/t5-,6+,7?,10-/m1/s1. The molecular weight excluding hydrogens is 268 g/mol. The Balaban J connectivity index is 2.09. The zero-order valence-electron chi connectivity index (χ0n) is 10.3. The second-order valence-corrected chi connectivity index (χ2v) is 4.64. The van der Waals surface area contributed by atoms with Crippen molar-refractivity contribution >= 4 is 17.0 Å². The van der Waals surface area contributed by atoms with E-state index in [1.54, 1.807) is 0 Å². The number of aliphatic hydroxyl groups excluding tert-OH is 3. The van der Waals surface area contributed by atoms with E-state index in [1.165, 1.54) is 16.8 Å². The molecule has 1 aliphatic heterocycles. The lowest BCUT2D eigenvalue weighted by atomic mass is 10.1. The minimum Gasteiger partial charge on any atom is -0.394 e. The smallest absolute Gasteiger partial charge is 0.261 e. The normalized spacial score (nSPS) is 30.1. The van der Waals surface area contributed by atoms with Crippen LogP contribution in [0.4, 0.5) is 5.95 Å². The van der Waals surface area contributed by atoms with Crippen LogP contribution in [0.5, 0.6) is 0 Å². The largest absolute Gasteiger partial charge is 0.394 e. The van der Waals surface area contributed by atoms with Crippen LogP contribution in [0.3, 0.4) is 0 Å². The molecule has 3 rings (SSSR count). The van der Waals surface area contributed by atoms with E-state index in [-0.39, 0.29) is 17.0 Å². The molecule has 108 valence electrons. The van der Waals surface area contributed by atoms with Gasteiger partial charge in [0.25, 0.3) is 5.56 Å². The number of hydrogen-bond donors (Lipinski definition) is 5. The van der Waals surface area contributed by atoms with E-state index >= 15 is 0 Å². The monoisotopic (exact) mass is 282 g/mol. The van der Waals surface area contributed by atoms with Crippen molar-refractivity contribution in [2.45, 2.75) is 24.5 Å². The van der Waals surface area contributed by atoms with Gasteiger partial charge in [0.05, 0.1) is 12.0 Å². The summed E-state index contributed by atoms with van der Waals surface area (Å²) in [7, 11) is 0. The summed E-state index contributed by atoms with van der Waals surface area (Å²) in [6.45, 7) is -0.427. The number of ether oxygens (including phenoxy) is 1. The number of anilines is 1. The number of aromatic amines is 1. The third kappa shape index (κ3) is 1.79. The van der Waals surface area contributed by atoms with Gasteiger partial charge in [-0.3, -0.25) is 9.78 Å². The first-order chi connectivity index (χ1) is 9.52. The molecule has 1 unspecified atom stereocenters. The number of aromatic nitrogens is 3. The Morgan fingerprint density at radius 1 is 1.45 bits per heavy atom. The van der Waals surface area contributed by atoms with Crippen LogP contribution in [0.25, 0.3) is 11.0 Å². The van der Waals surface area contributed by atoms with Crippen molar-refractivity contribution in [3.8, 4) is 0 Å². The molecule has 9 nitrogen and oxygen atoms in total. The fraction of sp³-hybridized carbons (Fsp3) is 0.455. The van der Waals surface area contributed by atoms with Gasteiger partial charge in [0, 0.05) is 6.20 Å². The fourth-order valence-electron chi connectivity index (χ4n) is 2.38. The number of rotatable bonds is 2. The Kier molecular flexibility index (Phi) is 2.98. The van der Waals surface area contributed by atoms with Crippen LogP contribution in [-0.4, -0.2) is 54.8 Å². The number of aliphatic hydroxyl groups is 3. The van der Waals surface area contributed by atoms with E-state index < -0.39 is 36.7 Å². The molecule has 0 amide bonds. The second-order valence-electron chi connectivity index (χ2n) is 4.64. The lowest BCUT2D eigenvalue weighted by Crippen LogP contribution is -2.33. The molecular formula is C11H14N4O5. The highest BCUT2D eigenvalue weighted by molar-refractivity contribution is 5.76. The number of nitrogens with two attached hydrogens (primary N) is 1. The number of hydrogen-bond acceptors (Lipinski definition) is 7. The Bertz CT molecular complexity index is 696. The highest BCUT2D eigenvalue weighted by Crippen LogP contribution is 2.31. The number of nitrogen functional groups attached to an aromatic ring is 1. The van der Waals surface area contributed by atoms with Crippen LogP contribution in [0.15, 0.2) is 17.1 Å². The zero-order valence-corrected chi connectivity index (χ0v) is 10.3. The molecule has 2 aromatic rings. The number of nitrogens with one attached hydrogen (secondary N) is 1. The molecule has 0 radical (unpaired) electrons. The number of H-pyrrole nitrogens is 1. The quantitative estimate of drug-likeness (QED) is 0.424. The molecule has 9 heteroatoms. The minimum atomic E-state index is -1.25. The first kappa shape index (κ1) is 13.1. The van der Waals surface area contributed by atoms with Gasteiger partial charge in [-0.05, 0) is 6.07 Å². The second kappa shape index (κ2) is 4.56. The molecule has 0 saturated carbocycles. The average molecular weight is 282 g/mol. The van der Waals surface area contributed by atoms with Crippen molar-refractivity contribution in [1.29, 1.82) is 0 Å². The average Bonchev–Trinajstić information content (AvgIpc) is 2.93. The maximum atomic E-state index is 11.7.